The number of carboxylic acids is 1. The number of carbonyl (C=O) groups is 2. The van der Waals surface area contributed by atoms with Gasteiger partial charge in [0.2, 0.25) is 0 Å². The number of aromatic nitrogens is 3. The first kappa shape index (κ1) is 17.1. The van der Waals surface area contributed by atoms with Crippen LogP contribution in [0.15, 0.2) is 36.7 Å². The Hall–Kier alpha value is -2.70. The average Bonchev–Trinajstić information content (AvgIpc) is 3.17. The molecule has 1 aliphatic rings. The van der Waals surface area contributed by atoms with Gasteiger partial charge in [-0.3, -0.25) is 4.79 Å². The van der Waals surface area contributed by atoms with Crippen molar-refractivity contribution in [2.75, 3.05) is 0 Å². The van der Waals surface area contributed by atoms with Crippen molar-refractivity contribution in [3.8, 4) is 5.69 Å². The molecule has 1 aromatic heterocycles. The molecule has 0 radical (unpaired) electrons. The highest BCUT2D eigenvalue weighted by Crippen LogP contribution is 2.34. The van der Waals surface area contributed by atoms with Gasteiger partial charge < -0.3 is 10.4 Å². The monoisotopic (exact) mass is 342 g/mol. The molecular weight excluding hydrogens is 320 g/mol. The largest absolute Gasteiger partial charge is 0.480 e. The van der Waals surface area contributed by atoms with Crippen LogP contribution in [0.1, 0.15) is 49.4 Å². The summed E-state index contributed by atoms with van der Waals surface area (Å²) < 4.78 is 1.59. The molecule has 1 aromatic carbocycles. The van der Waals surface area contributed by atoms with Crippen LogP contribution in [-0.4, -0.2) is 37.5 Å². The third kappa shape index (κ3) is 3.55. The maximum Gasteiger partial charge on any atom is 0.329 e. The molecule has 2 N–H and O–H groups in total. The summed E-state index contributed by atoms with van der Waals surface area (Å²) in [5.74, 6) is -0.761. The number of benzene rings is 1. The van der Waals surface area contributed by atoms with E-state index in [1.165, 1.54) is 0 Å². The Morgan fingerprint density at radius 2 is 1.96 bits per heavy atom. The highest BCUT2D eigenvalue weighted by molar-refractivity contribution is 5.98. The Labute approximate surface area is 146 Å². The number of amides is 1. The minimum Gasteiger partial charge on any atom is -0.480 e. The summed E-state index contributed by atoms with van der Waals surface area (Å²) in [4.78, 5) is 24.4. The van der Waals surface area contributed by atoms with Crippen LogP contribution in [-0.2, 0) is 4.79 Å². The molecule has 3 rings (SSSR count). The van der Waals surface area contributed by atoms with Crippen molar-refractivity contribution >= 4 is 11.9 Å². The van der Waals surface area contributed by atoms with E-state index in [1.54, 1.807) is 41.3 Å². The fraction of sp³-hybridized carbons (Fsp3) is 0.444. The molecular formula is C18H22N4O3. The van der Waals surface area contributed by atoms with Crippen molar-refractivity contribution in [2.45, 2.75) is 44.6 Å². The van der Waals surface area contributed by atoms with E-state index in [4.69, 9.17) is 0 Å². The van der Waals surface area contributed by atoms with Gasteiger partial charge in [0, 0.05) is 5.56 Å². The summed E-state index contributed by atoms with van der Waals surface area (Å²) in [5.41, 5.74) is 0.0559. The molecule has 0 atom stereocenters. The van der Waals surface area contributed by atoms with Crippen molar-refractivity contribution in [1.82, 2.24) is 20.3 Å². The number of hydrogen-bond acceptors (Lipinski definition) is 4. The smallest absolute Gasteiger partial charge is 0.329 e. The first-order valence-electron chi connectivity index (χ1n) is 8.57. The molecule has 0 spiro atoms. The van der Waals surface area contributed by atoms with E-state index in [-0.39, 0.29) is 5.91 Å². The van der Waals surface area contributed by atoms with E-state index < -0.39 is 11.5 Å². The van der Waals surface area contributed by atoms with Gasteiger partial charge in [-0.05, 0) is 55.9 Å². The summed E-state index contributed by atoms with van der Waals surface area (Å²) in [6.07, 6.45) is 6.94. The predicted octanol–water partition coefficient (Wildman–Crippen LogP) is 2.42. The molecule has 2 aromatic rings. The molecule has 1 heterocycles. The standard InChI is InChI=1S/C18H22N4O3/c1-2-13-7-9-18(10-8-13,17(24)25)20-16(23)14-3-5-15(6-4-14)22-12-11-19-21-22/h3-6,11-13H,2,7-10H2,1H3,(H,20,23)(H,24,25). The van der Waals surface area contributed by atoms with Gasteiger partial charge in [0.05, 0.1) is 18.1 Å². The Balaban J connectivity index is 1.72. The van der Waals surface area contributed by atoms with Crippen LogP contribution in [0, 0.1) is 5.92 Å². The van der Waals surface area contributed by atoms with Crippen molar-refractivity contribution in [3.63, 3.8) is 0 Å². The Morgan fingerprint density at radius 3 is 2.48 bits per heavy atom. The summed E-state index contributed by atoms with van der Waals surface area (Å²) >= 11 is 0. The van der Waals surface area contributed by atoms with E-state index in [1.807, 2.05) is 0 Å². The maximum absolute atomic E-state index is 12.6. The van der Waals surface area contributed by atoms with Crippen molar-refractivity contribution in [2.24, 2.45) is 5.92 Å². The second kappa shape index (κ2) is 7.04. The van der Waals surface area contributed by atoms with Gasteiger partial charge in [-0.25, -0.2) is 9.48 Å². The van der Waals surface area contributed by atoms with Crippen LogP contribution in [0.5, 0.6) is 0 Å². The quantitative estimate of drug-likeness (QED) is 0.870. The summed E-state index contributed by atoms with van der Waals surface area (Å²) in [5, 5.41) is 20.1. The fourth-order valence-electron chi connectivity index (χ4n) is 3.37. The van der Waals surface area contributed by atoms with E-state index in [0.29, 0.717) is 24.3 Å². The fourth-order valence-corrected chi connectivity index (χ4v) is 3.37. The molecule has 0 unspecified atom stereocenters. The Morgan fingerprint density at radius 1 is 1.28 bits per heavy atom. The van der Waals surface area contributed by atoms with Gasteiger partial charge in [0.25, 0.3) is 5.91 Å². The minimum atomic E-state index is -1.16. The number of nitrogens with one attached hydrogen (secondary N) is 1. The highest BCUT2D eigenvalue weighted by Gasteiger charge is 2.43. The summed E-state index contributed by atoms with van der Waals surface area (Å²) in [7, 11) is 0. The van der Waals surface area contributed by atoms with Crippen molar-refractivity contribution in [1.29, 1.82) is 0 Å². The van der Waals surface area contributed by atoms with Crippen LogP contribution in [0.3, 0.4) is 0 Å². The van der Waals surface area contributed by atoms with Crippen LogP contribution in [0.2, 0.25) is 0 Å². The van der Waals surface area contributed by atoms with Crippen LogP contribution in [0.25, 0.3) is 5.69 Å². The second-order valence-electron chi connectivity index (χ2n) is 6.59. The highest BCUT2D eigenvalue weighted by atomic mass is 16.4. The number of carboxylic acid groups (broad SMARTS) is 1. The van der Waals surface area contributed by atoms with E-state index in [9.17, 15) is 14.7 Å². The van der Waals surface area contributed by atoms with Crippen molar-refractivity contribution < 1.29 is 14.7 Å². The second-order valence-corrected chi connectivity index (χ2v) is 6.59. The lowest BCUT2D eigenvalue weighted by Crippen LogP contribution is -2.56. The molecule has 132 valence electrons. The van der Waals surface area contributed by atoms with Crippen LogP contribution >= 0.6 is 0 Å². The number of rotatable bonds is 5. The third-order valence-corrected chi connectivity index (χ3v) is 5.11. The first-order chi connectivity index (χ1) is 12.0. The van der Waals surface area contributed by atoms with E-state index >= 15 is 0 Å². The topological polar surface area (TPSA) is 97.1 Å². The Kier molecular flexibility index (Phi) is 4.83. The normalized spacial score (nSPS) is 23.2. The molecule has 0 aliphatic heterocycles. The number of carbonyl (C=O) groups excluding carboxylic acids is 1. The number of nitrogens with zero attached hydrogens (tertiary/aromatic N) is 3. The summed E-state index contributed by atoms with van der Waals surface area (Å²) in [6, 6.07) is 6.84. The van der Waals surface area contributed by atoms with Crippen molar-refractivity contribution in [3.05, 3.63) is 42.2 Å². The molecule has 1 saturated carbocycles. The van der Waals surface area contributed by atoms with E-state index in [0.717, 1.165) is 24.9 Å². The molecule has 0 bridgehead atoms. The lowest BCUT2D eigenvalue weighted by molar-refractivity contribution is -0.146. The van der Waals surface area contributed by atoms with Gasteiger partial charge in [-0.2, -0.15) is 0 Å². The number of aliphatic carboxylic acids is 1. The molecule has 7 heteroatoms. The van der Waals surface area contributed by atoms with Gasteiger partial charge in [0.15, 0.2) is 0 Å². The zero-order valence-electron chi connectivity index (χ0n) is 14.2. The Bertz CT molecular complexity index is 732. The molecule has 1 fully saturated rings. The zero-order valence-corrected chi connectivity index (χ0v) is 14.2. The third-order valence-electron chi connectivity index (χ3n) is 5.11. The van der Waals surface area contributed by atoms with Gasteiger partial charge in [-0.15, -0.1) is 5.10 Å². The molecule has 1 aliphatic carbocycles. The molecule has 25 heavy (non-hydrogen) atoms. The van der Waals surface area contributed by atoms with Gasteiger partial charge in [-0.1, -0.05) is 18.6 Å². The van der Waals surface area contributed by atoms with Crippen LogP contribution < -0.4 is 5.32 Å². The predicted molar refractivity (Wildman–Crippen MR) is 91.4 cm³/mol. The van der Waals surface area contributed by atoms with Gasteiger partial charge in [0.1, 0.15) is 5.54 Å². The SMILES string of the molecule is CCC1CCC(NC(=O)c2ccc(-n3ccnn3)cc2)(C(=O)O)CC1. The van der Waals surface area contributed by atoms with Gasteiger partial charge >= 0.3 is 5.97 Å². The lowest BCUT2D eigenvalue weighted by Gasteiger charge is -2.37. The van der Waals surface area contributed by atoms with Crippen LogP contribution in [0.4, 0.5) is 0 Å². The molecule has 1 amide bonds. The molecule has 0 saturated heterocycles. The zero-order chi connectivity index (χ0) is 17.9. The summed E-state index contributed by atoms with van der Waals surface area (Å²) in [6.45, 7) is 2.12. The number of hydrogen-bond donors (Lipinski definition) is 2. The average molecular weight is 342 g/mol. The van der Waals surface area contributed by atoms with E-state index in [2.05, 4.69) is 22.6 Å². The maximum atomic E-state index is 12.6. The lowest BCUT2D eigenvalue weighted by atomic mass is 9.75. The first-order valence-corrected chi connectivity index (χ1v) is 8.57. The molecule has 7 nitrogen and oxygen atoms in total. The minimum absolute atomic E-state index is 0.359.